The maximum Gasteiger partial charge on any atom is 0.333 e. The van der Waals surface area contributed by atoms with Gasteiger partial charge in [-0.3, -0.25) is 4.57 Å². The average molecular weight is 252 g/mol. The second-order valence-electron chi connectivity index (χ2n) is 4.56. The van der Waals surface area contributed by atoms with Crippen LogP contribution in [0.1, 0.15) is 41.5 Å². The van der Waals surface area contributed by atoms with Crippen LogP contribution in [0.5, 0.6) is 0 Å². The van der Waals surface area contributed by atoms with E-state index in [9.17, 15) is 4.57 Å². The Balaban J connectivity index is 4.25. The van der Waals surface area contributed by atoms with Gasteiger partial charge in [-0.15, -0.1) is 0 Å². The van der Waals surface area contributed by atoms with Gasteiger partial charge in [0, 0.05) is 0 Å². The highest BCUT2D eigenvalue weighted by atomic mass is 31.2. The molecule has 98 valence electrons. The standard InChI is InChI=1S/C11H25O4P/c1-9(2)13-7-8-16(12,14-10(3)4)15-11(5)6/h9-11H,7-8H2,1-6H3. The fourth-order valence-corrected chi connectivity index (χ4v) is 3.05. The van der Waals surface area contributed by atoms with Gasteiger partial charge in [-0.1, -0.05) is 0 Å². The highest BCUT2D eigenvalue weighted by molar-refractivity contribution is 7.53. The molecular formula is C11H25O4P. The van der Waals surface area contributed by atoms with Crippen LogP contribution in [0.4, 0.5) is 0 Å². The Morgan fingerprint density at radius 3 is 1.62 bits per heavy atom. The van der Waals surface area contributed by atoms with Gasteiger partial charge in [0.05, 0.1) is 31.1 Å². The highest BCUT2D eigenvalue weighted by Crippen LogP contribution is 2.50. The summed E-state index contributed by atoms with van der Waals surface area (Å²) in [5, 5.41) is 0. The summed E-state index contributed by atoms with van der Waals surface area (Å²) in [5.74, 6) is 0. The van der Waals surface area contributed by atoms with Gasteiger partial charge in [0.1, 0.15) is 0 Å². The molecule has 0 N–H and O–H groups in total. The van der Waals surface area contributed by atoms with Crippen molar-refractivity contribution in [3.05, 3.63) is 0 Å². The van der Waals surface area contributed by atoms with Crippen LogP contribution in [0.3, 0.4) is 0 Å². The van der Waals surface area contributed by atoms with Gasteiger partial charge < -0.3 is 13.8 Å². The summed E-state index contributed by atoms with van der Waals surface area (Å²) in [6, 6.07) is 0. The Labute approximate surface area is 99.2 Å². The minimum Gasteiger partial charge on any atom is -0.378 e. The first-order valence-corrected chi connectivity index (χ1v) is 7.55. The second kappa shape index (κ2) is 7.44. The molecule has 0 aliphatic carbocycles. The molecule has 0 spiro atoms. The van der Waals surface area contributed by atoms with Crippen LogP contribution in [-0.4, -0.2) is 31.1 Å². The van der Waals surface area contributed by atoms with Crippen molar-refractivity contribution in [2.24, 2.45) is 0 Å². The van der Waals surface area contributed by atoms with E-state index in [1.165, 1.54) is 0 Å². The molecule has 0 bridgehead atoms. The van der Waals surface area contributed by atoms with Crippen LogP contribution in [0.25, 0.3) is 0 Å². The molecule has 0 atom stereocenters. The van der Waals surface area contributed by atoms with Crippen LogP contribution in [-0.2, 0) is 18.3 Å². The first-order chi connectivity index (χ1) is 7.25. The van der Waals surface area contributed by atoms with Gasteiger partial charge in [-0.05, 0) is 41.5 Å². The largest absolute Gasteiger partial charge is 0.378 e. The Bertz CT molecular complexity index is 212. The van der Waals surface area contributed by atoms with Crippen LogP contribution in [0, 0.1) is 0 Å². The summed E-state index contributed by atoms with van der Waals surface area (Å²) in [6.45, 7) is 11.7. The molecular weight excluding hydrogens is 227 g/mol. The topological polar surface area (TPSA) is 44.8 Å². The van der Waals surface area contributed by atoms with Crippen molar-refractivity contribution >= 4 is 7.60 Å². The van der Waals surface area contributed by atoms with Gasteiger partial charge in [0.15, 0.2) is 0 Å². The monoisotopic (exact) mass is 252 g/mol. The zero-order chi connectivity index (χ0) is 12.8. The molecule has 0 aliphatic heterocycles. The van der Waals surface area contributed by atoms with Crippen molar-refractivity contribution in [1.29, 1.82) is 0 Å². The van der Waals surface area contributed by atoms with Gasteiger partial charge in [-0.25, -0.2) is 0 Å². The molecule has 0 unspecified atom stereocenters. The van der Waals surface area contributed by atoms with E-state index in [-0.39, 0.29) is 18.3 Å². The van der Waals surface area contributed by atoms with Gasteiger partial charge in [0.2, 0.25) is 0 Å². The van der Waals surface area contributed by atoms with E-state index in [0.717, 1.165) is 0 Å². The average Bonchev–Trinajstić information content (AvgIpc) is 1.98. The lowest BCUT2D eigenvalue weighted by Crippen LogP contribution is -2.14. The van der Waals surface area contributed by atoms with Crippen molar-refractivity contribution in [3.63, 3.8) is 0 Å². The minimum absolute atomic E-state index is 0.108. The molecule has 0 heterocycles. The van der Waals surface area contributed by atoms with E-state index in [1.807, 2.05) is 41.5 Å². The first-order valence-electron chi connectivity index (χ1n) is 5.82. The molecule has 4 nitrogen and oxygen atoms in total. The smallest absolute Gasteiger partial charge is 0.333 e. The third kappa shape index (κ3) is 8.28. The summed E-state index contributed by atoms with van der Waals surface area (Å²) in [7, 11) is -3.01. The number of ether oxygens (including phenoxy) is 1. The van der Waals surface area contributed by atoms with Crippen LogP contribution in [0.15, 0.2) is 0 Å². The third-order valence-electron chi connectivity index (χ3n) is 1.56. The quantitative estimate of drug-likeness (QED) is 0.621. The molecule has 0 radical (unpaired) electrons. The lowest BCUT2D eigenvalue weighted by atomic mass is 10.5. The lowest BCUT2D eigenvalue weighted by molar-refractivity contribution is 0.0816. The predicted octanol–water partition coefficient (Wildman–Crippen LogP) is 3.45. The zero-order valence-electron chi connectivity index (χ0n) is 11.2. The number of rotatable bonds is 8. The molecule has 0 rings (SSSR count). The summed E-state index contributed by atoms with van der Waals surface area (Å²) in [6.07, 6.45) is 0.223. The molecule has 0 saturated heterocycles. The van der Waals surface area contributed by atoms with E-state index in [1.54, 1.807) is 0 Å². The molecule has 16 heavy (non-hydrogen) atoms. The Hall–Kier alpha value is 0.110. The Morgan fingerprint density at radius 1 is 0.875 bits per heavy atom. The van der Waals surface area contributed by atoms with Crippen molar-refractivity contribution < 1.29 is 18.3 Å². The lowest BCUT2D eigenvalue weighted by Gasteiger charge is -2.23. The van der Waals surface area contributed by atoms with Crippen LogP contribution in [0.2, 0.25) is 0 Å². The fraction of sp³-hybridized carbons (Fsp3) is 1.00. The van der Waals surface area contributed by atoms with Gasteiger partial charge >= 0.3 is 7.60 Å². The molecule has 0 aliphatic rings. The number of hydrogen-bond donors (Lipinski definition) is 0. The van der Waals surface area contributed by atoms with Crippen molar-refractivity contribution in [2.45, 2.75) is 59.9 Å². The van der Waals surface area contributed by atoms with E-state index in [4.69, 9.17) is 13.8 Å². The van der Waals surface area contributed by atoms with E-state index in [0.29, 0.717) is 12.8 Å². The van der Waals surface area contributed by atoms with Gasteiger partial charge in [-0.2, -0.15) is 0 Å². The second-order valence-corrected chi connectivity index (χ2v) is 6.65. The summed E-state index contributed by atoms with van der Waals surface area (Å²) in [4.78, 5) is 0. The Kier molecular flexibility index (Phi) is 7.49. The Morgan fingerprint density at radius 2 is 1.31 bits per heavy atom. The maximum absolute atomic E-state index is 12.3. The fourth-order valence-electron chi connectivity index (χ4n) is 1.17. The normalized spacial score (nSPS) is 13.1. The van der Waals surface area contributed by atoms with Crippen LogP contribution >= 0.6 is 7.60 Å². The SMILES string of the molecule is CC(C)OCCP(=O)(OC(C)C)OC(C)C. The third-order valence-corrected chi connectivity index (χ3v) is 3.78. The van der Waals surface area contributed by atoms with Crippen LogP contribution < -0.4 is 0 Å². The zero-order valence-corrected chi connectivity index (χ0v) is 12.1. The molecule has 5 heteroatoms. The van der Waals surface area contributed by atoms with Gasteiger partial charge in [0.25, 0.3) is 0 Å². The summed E-state index contributed by atoms with van der Waals surface area (Å²) < 4.78 is 28.4. The van der Waals surface area contributed by atoms with E-state index in [2.05, 4.69) is 0 Å². The maximum atomic E-state index is 12.3. The molecule has 0 saturated carbocycles. The first kappa shape index (κ1) is 16.1. The predicted molar refractivity (Wildman–Crippen MR) is 66.0 cm³/mol. The molecule has 0 aromatic rings. The van der Waals surface area contributed by atoms with Crippen molar-refractivity contribution in [2.75, 3.05) is 12.8 Å². The number of hydrogen-bond acceptors (Lipinski definition) is 4. The minimum atomic E-state index is -3.01. The van der Waals surface area contributed by atoms with E-state index < -0.39 is 7.60 Å². The molecule has 0 amide bonds. The van der Waals surface area contributed by atoms with Crippen molar-refractivity contribution in [3.8, 4) is 0 Å². The van der Waals surface area contributed by atoms with Crippen molar-refractivity contribution in [1.82, 2.24) is 0 Å². The highest BCUT2D eigenvalue weighted by Gasteiger charge is 2.27. The molecule has 0 aromatic heterocycles. The molecule has 0 fully saturated rings. The summed E-state index contributed by atoms with van der Waals surface area (Å²) in [5.41, 5.74) is 0. The summed E-state index contributed by atoms with van der Waals surface area (Å²) >= 11 is 0. The molecule has 0 aromatic carbocycles. The van der Waals surface area contributed by atoms with E-state index >= 15 is 0 Å².